The molecule has 0 aromatic carbocycles. The Bertz CT molecular complexity index is 538. The average molecular weight is 288 g/mol. The van der Waals surface area contributed by atoms with Gasteiger partial charge >= 0.3 is 0 Å². The van der Waals surface area contributed by atoms with Gasteiger partial charge in [-0.15, -0.1) is 0 Å². The van der Waals surface area contributed by atoms with Crippen LogP contribution in [0.15, 0.2) is 0 Å². The molecule has 5 heteroatoms. The van der Waals surface area contributed by atoms with Crippen LogP contribution >= 0.6 is 0 Å². The maximum Gasteiger partial charge on any atom is 0.272 e. The maximum atomic E-state index is 12.3. The second-order valence-electron chi connectivity index (χ2n) is 6.94. The number of hydrogen-bond donors (Lipinski definition) is 3. The summed E-state index contributed by atoms with van der Waals surface area (Å²) in [5, 5.41) is 13.6. The van der Waals surface area contributed by atoms with Crippen LogP contribution in [0.2, 0.25) is 0 Å². The summed E-state index contributed by atoms with van der Waals surface area (Å²) in [7, 11) is 0. The minimum atomic E-state index is -0.0145. The zero-order valence-electron chi connectivity index (χ0n) is 12.5. The summed E-state index contributed by atoms with van der Waals surface area (Å²) in [6.07, 6.45) is 7.76. The fourth-order valence-corrected chi connectivity index (χ4v) is 4.60. The molecule has 2 aliphatic carbocycles. The number of aromatic amines is 1. The van der Waals surface area contributed by atoms with Crippen LogP contribution in [0.5, 0.6) is 0 Å². The molecular formula is C16H24N4O. The van der Waals surface area contributed by atoms with Crippen LogP contribution in [0, 0.1) is 17.8 Å². The van der Waals surface area contributed by atoms with Gasteiger partial charge in [-0.05, 0) is 43.4 Å². The van der Waals surface area contributed by atoms with Crippen LogP contribution in [0.1, 0.15) is 53.8 Å². The van der Waals surface area contributed by atoms with Crippen molar-refractivity contribution in [3.05, 3.63) is 17.0 Å². The molecule has 0 saturated heterocycles. The number of aromatic nitrogens is 2. The molecule has 3 atom stereocenters. The number of H-pyrrole nitrogens is 1. The number of amides is 1. The quantitative estimate of drug-likeness (QED) is 0.788. The highest BCUT2D eigenvalue weighted by Gasteiger charge is 2.38. The van der Waals surface area contributed by atoms with E-state index in [1.165, 1.54) is 25.7 Å². The van der Waals surface area contributed by atoms with Gasteiger partial charge in [0.2, 0.25) is 0 Å². The van der Waals surface area contributed by atoms with E-state index in [0.717, 1.165) is 61.5 Å². The number of nitrogens with zero attached hydrogens (tertiary/aromatic N) is 1. The van der Waals surface area contributed by atoms with Gasteiger partial charge < -0.3 is 10.6 Å². The molecule has 21 heavy (non-hydrogen) atoms. The number of nitrogens with one attached hydrogen (secondary N) is 3. The summed E-state index contributed by atoms with van der Waals surface area (Å²) in [6.45, 7) is 2.50. The van der Waals surface area contributed by atoms with Gasteiger partial charge in [0.1, 0.15) is 0 Å². The molecule has 0 radical (unpaired) electrons. The second-order valence-corrected chi connectivity index (χ2v) is 6.94. The van der Waals surface area contributed by atoms with Gasteiger partial charge in [-0.1, -0.05) is 6.42 Å². The largest absolute Gasteiger partial charge is 0.351 e. The number of carbonyl (C=O) groups excluding carboxylic acids is 1. The first-order valence-electron chi connectivity index (χ1n) is 8.36. The topological polar surface area (TPSA) is 69.8 Å². The van der Waals surface area contributed by atoms with Gasteiger partial charge in [0.25, 0.3) is 5.91 Å². The Morgan fingerprint density at radius 1 is 1.33 bits per heavy atom. The molecule has 2 fully saturated rings. The highest BCUT2D eigenvalue weighted by atomic mass is 16.1. The first kappa shape index (κ1) is 13.3. The SMILES string of the molecule is O=C(NCCC1CC2CCC1C2)c1n[nH]c2c1CNCC2. The third-order valence-corrected chi connectivity index (χ3v) is 5.71. The molecule has 2 heterocycles. The van der Waals surface area contributed by atoms with Crippen LogP contribution in [-0.4, -0.2) is 29.2 Å². The molecule has 1 aromatic rings. The summed E-state index contributed by atoms with van der Waals surface area (Å²) >= 11 is 0. The normalized spacial score (nSPS) is 30.4. The summed E-state index contributed by atoms with van der Waals surface area (Å²) in [5.74, 6) is 2.76. The molecule has 1 aliphatic heterocycles. The van der Waals surface area contributed by atoms with Crippen LogP contribution in [0.25, 0.3) is 0 Å². The van der Waals surface area contributed by atoms with Crippen LogP contribution < -0.4 is 10.6 Å². The van der Waals surface area contributed by atoms with Gasteiger partial charge in [-0.3, -0.25) is 9.89 Å². The molecule has 3 N–H and O–H groups in total. The Hall–Kier alpha value is -1.36. The third kappa shape index (κ3) is 2.48. The fraction of sp³-hybridized carbons (Fsp3) is 0.750. The van der Waals surface area contributed by atoms with Crippen molar-refractivity contribution in [2.75, 3.05) is 13.1 Å². The molecule has 114 valence electrons. The van der Waals surface area contributed by atoms with E-state index in [1.54, 1.807) is 0 Å². The average Bonchev–Trinajstić information content (AvgIpc) is 3.21. The van der Waals surface area contributed by atoms with Crippen molar-refractivity contribution in [3.63, 3.8) is 0 Å². The lowest BCUT2D eigenvalue weighted by atomic mass is 9.86. The van der Waals surface area contributed by atoms with Crippen molar-refractivity contribution < 1.29 is 4.79 Å². The lowest BCUT2D eigenvalue weighted by Gasteiger charge is -2.21. The number of hydrogen-bond acceptors (Lipinski definition) is 3. The summed E-state index contributed by atoms with van der Waals surface area (Å²) in [4.78, 5) is 12.3. The van der Waals surface area contributed by atoms with Crippen molar-refractivity contribution in [2.24, 2.45) is 17.8 Å². The summed E-state index contributed by atoms with van der Waals surface area (Å²) in [6, 6.07) is 0. The van der Waals surface area contributed by atoms with Gasteiger partial charge in [0.05, 0.1) is 0 Å². The van der Waals surface area contributed by atoms with E-state index in [9.17, 15) is 4.79 Å². The third-order valence-electron chi connectivity index (χ3n) is 5.71. The smallest absolute Gasteiger partial charge is 0.272 e. The van der Waals surface area contributed by atoms with E-state index in [2.05, 4.69) is 20.8 Å². The minimum absolute atomic E-state index is 0.0145. The van der Waals surface area contributed by atoms with Crippen molar-refractivity contribution in [2.45, 2.75) is 45.1 Å². The van der Waals surface area contributed by atoms with E-state index in [-0.39, 0.29) is 5.91 Å². The molecule has 1 aromatic heterocycles. The molecule has 5 nitrogen and oxygen atoms in total. The first-order chi connectivity index (χ1) is 10.3. The molecule has 0 spiro atoms. The number of rotatable bonds is 4. The first-order valence-corrected chi connectivity index (χ1v) is 8.36. The highest BCUT2D eigenvalue weighted by molar-refractivity contribution is 5.94. The maximum absolute atomic E-state index is 12.3. The van der Waals surface area contributed by atoms with Gasteiger partial charge in [0.15, 0.2) is 5.69 Å². The standard InChI is InChI=1S/C16H24N4O/c21-16(15-13-9-17-5-4-14(13)19-20-15)18-6-3-12-8-10-1-2-11(12)7-10/h10-12,17H,1-9H2,(H,18,21)(H,19,20). The van der Waals surface area contributed by atoms with E-state index >= 15 is 0 Å². The molecule has 2 saturated carbocycles. The Morgan fingerprint density at radius 3 is 3.10 bits per heavy atom. The predicted molar refractivity (Wildman–Crippen MR) is 79.9 cm³/mol. The van der Waals surface area contributed by atoms with Crippen molar-refractivity contribution in [3.8, 4) is 0 Å². The molecule has 4 rings (SSSR count). The van der Waals surface area contributed by atoms with Gasteiger partial charge in [-0.2, -0.15) is 5.10 Å². The van der Waals surface area contributed by atoms with Crippen LogP contribution in [0.3, 0.4) is 0 Å². The Labute approximate surface area is 125 Å². The Balaban J connectivity index is 1.31. The summed E-state index contributed by atoms with van der Waals surface area (Å²) in [5.41, 5.74) is 2.76. The lowest BCUT2D eigenvalue weighted by molar-refractivity contribution is 0.0943. The number of fused-ring (bicyclic) bond motifs is 3. The van der Waals surface area contributed by atoms with Crippen LogP contribution in [0.4, 0.5) is 0 Å². The Morgan fingerprint density at radius 2 is 2.29 bits per heavy atom. The van der Waals surface area contributed by atoms with Crippen LogP contribution in [-0.2, 0) is 13.0 Å². The number of carbonyl (C=O) groups is 1. The molecule has 3 aliphatic rings. The van der Waals surface area contributed by atoms with E-state index < -0.39 is 0 Å². The zero-order chi connectivity index (χ0) is 14.2. The van der Waals surface area contributed by atoms with E-state index in [4.69, 9.17) is 0 Å². The van der Waals surface area contributed by atoms with Crippen molar-refractivity contribution in [1.82, 2.24) is 20.8 Å². The van der Waals surface area contributed by atoms with Gasteiger partial charge in [-0.25, -0.2) is 0 Å². The van der Waals surface area contributed by atoms with Gasteiger partial charge in [0, 0.05) is 37.3 Å². The highest BCUT2D eigenvalue weighted by Crippen LogP contribution is 2.49. The molecule has 3 unspecified atom stereocenters. The molecule has 2 bridgehead atoms. The lowest BCUT2D eigenvalue weighted by Crippen LogP contribution is -2.30. The van der Waals surface area contributed by atoms with Crippen molar-refractivity contribution in [1.29, 1.82) is 0 Å². The fourth-order valence-electron chi connectivity index (χ4n) is 4.60. The van der Waals surface area contributed by atoms with E-state index in [0.29, 0.717) is 5.69 Å². The Kier molecular flexibility index (Phi) is 3.45. The monoisotopic (exact) mass is 288 g/mol. The minimum Gasteiger partial charge on any atom is -0.351 e. The molecule has 1 amide bonds. The van der Waals surface area contributed by atoms with Crippen molar-refractivity contribution >= 4 is 5.91 Å². The zero-order valence-corrected chi connectivity index (χ0v) is 12.5. The second kappa shape index (κ2) is 5.44. The predicted octanol–water partition coefficient (Wildman–Crippen LogP) is 1.61. The van der Waals surface area contributed by atoms with E-state index in [1.807, 2.05) is 0 Å². The molecular weight excluding hydrogens is 264 g/mol. The summed E-state index contributed by atoms with van der Waals surface area (Å²) < 4.78 is 0.